The molecule has 4 nitrogen and oxygen atoms in total. The SMILES string of the molecule is CC.Cc1ccc(Oc2ccc(OCCO)cc2)c(C=O)c1. The van der Waals surface area contributed by atoms with Crippen LogP contribution in [0.3, 0.4) is 0 Å². The number of hydrogen-bond donors (Lipinski definition) is 1. The van der Waals surface area contributed by atoms with Crippen molar-refractivity contribution >= 4 is 6.29 Å². The van der Waals surface area contributed by atoms with Crippen LogP contribution in [0.2, 0.25) is 0 Å². The fourth-order valence-electron chi connectivity index (χ4n) is 1.75. The van der Waals surface area contributed by atoms with Gasteiger partial charge in [-0.05, 0) is 43.3 Å². The molecule has 0 saturated carbocycles. The molecular weight excluding hydrogens is 280 g/mol. The molecule has 22 heavy (non-hydrogen) atoms. The van der Waals surface area contributed by atoms with Crippen LogP contribution in [0.25, 0.3) is 0 Å². The Morgan fingerprint density at radius 1 is 1.05 bits per heavy atom. The van der Waals surface area contributed by atoms with E-state index in [-0.39, 0.29) is 13.2 Å². The van der Waals surface area contributed by atoms with Crippen molar-refractivity contribution in [1.29, 1.82) is 0 Å². The molecule has 1 N–H and O–H groups in total. The molecule has 0 aliphatic rings. The van der Waals surface area contributed by atoms with E-state index in [0.717, 1.165) is 11.8 Å². The van der Waals surface area contributed by atoms with Crippen LogP contribution in [0.15, 0.2) is 42.5 Å². The first kappa shape index (κ1) is 17.7. The molecular formula is C18H22O4. The van der Waals surface area contributed by atoms with Gasteiger partial charge in [0.2, 0.25) is 0 Å². The van der Waals surface area contributed by atoms with Gasteiger partial charge in [-0.3, -0.25) is 4.79 Å². The highest BCUT2D eigenvalue weighted by molar-refractivity contribution is 5.79. The van der Waals surface area contributed by atoms with Crippen LogP contribution < -0.4 is 9.47 Å². The fraction of sp³-hybridized carbons (Fsp3) is 0.278. The van der Waals surface area contributed by atoms with Gasteiger partial charge in [-0.15, -0.1) is 0 Å². The Hall–Kier alpha value is -2.33. The van der Waals surface area contributed by atoms with Crippen molar-refractivity contribution in [2.75, 3.05) is 13.2 Å². The van der Waals surface area contributed by atoms with Gasteiger partial charge in [0.1, 0.15) is 23.9 Å². The first-order valence-electron chi connectivity index (χ1n) is 7.30. The largest absolute Gasteiger partial charge is 0.491 e. The zero-order valence-corrected chi connectivity index (χ0v) is 13.2. The summed E-state index contributed by atoms with van der Waals surface area (Å²) in [4.78, 5) is 11.0. The van der Waals surface area contributed by atoms with Crippen molar-refractivity contribution in [2.24, 2.45) is 0 Å². The normalized spacial score (nSPS) is 9.45. The Kier molecular flexibility index (Phi) is 7.72. The van der Waals surface area contributed by atoms with E-state index in [2.05, 4.69) is 0 Å². The molecule has 0 aromatic heterocycles. The molecule has 0 bridgehead atoms. The quantitative estimate of drug-likeness (QED) is 0.820. The Morgan fingerprint density at radius 2 is 1.68 bits per heavy atom. The van der Waals surface area contributed by atoms with E-state index in [0.29, 0.717) is 22.8 Å². The van der Waals surface area contributed by atoms with E-state index in [1.807, 2.05) is 26.8 Å². The number of aldehydes is 1. The number of carbonyl (C=O) groups excluding carboxylic acids is 1. The van der Waals surface area contributed by atoms with Crippen LogP contribution in [0.1, 0.15) is 29.8 Å². The van der Waals surface area contributed by atoms with E-state index in [1.54, 1.807) is 36.4 Å². The summed E-state index contributed by atoms with van der Waals surface area (Å²) in [6, 6.07) is 12.4. The summed E-state index contributed by atoms with van der Waals surface area (Å²) >= 11 is 0. The third-order valence-corrected chi connectivity index (χ3v) is 2.70. The van der Waals surface area contributed by atoms with Crippen LogP contribution in [-0.4, -0.2) is 24.6 Å². The summed E-state index contributed by atoms with van der Waals surface area (Å²) < 4.78 is 10.9. The lowest BCUT2D eigenvalue weighted by molar-refractivity contribution is 0.112. The highest BCUT2D eigenvalue weighted by Crippen LogP contribution is 2.26. The second-order valence-electron chi connectivity index (χ2n) is 4.30. The number of hydrogen-bond acceptors (Lipinski definition) is 4. The monoisotopic (exact) mass is 302 g/mol. The molecule has 0 spiro atoms. The second kappa shape index (κ2) is 9.58. The molecule has 0 atom stereocenters. The van der Waals surface area contributed by atoms with E-state index in [9.17, 15) is 4.79 Å². The Morgan fingerprint density at radius 3 is 2.27 bits per heavy atom. The molecule has 0 heterocycles. The summed E-state index contributed by atoms with van der Waals surface area (Å²) in [5.74, 6) is 1.80. The molecule has 2 aromatic carbocycles. The average Bonchev–Trinajstić information content (AvgIpc) is 2.57. The average molecular weight is 302 g/mol. The molecule has 0 amide bonds. The van der Waals surface area contributed by atoms with Gasteiger partial charge in [-0.1, -0.05) is 25.5 Å². The Labute approximate surface area is 131 Å². The molecule has 2 aromatic rings. The maximum absolute atomic E-state index is 11.0. The number of rotatable bonds is 6. The van der Waals surface area contributed by atoms with Gasteiger partial charge in [0, 0.05) is 0 Å². The highest BCUT2D eigenvalue weighted by atomic mass is 16.5. The topological polar surface area (TPSA) is 55.8 Å². The van der Waals surface area contributed by atoms with Crippen molar-refractivity contribution in [3.8, 4) is 17.2 Å². The highest BCUT2D eigenvalue weighted by Gasteiger charge is 2.05. The smallest absolute Gasteiger partial charge is 0.153 e. The van der Waals surface area contributed by atoms with E-state index in [4.69, 9.17) is 14.6 Å². The number of benzene rings is 2. The molecule has 0 fully saturated rings. The van der Waals surface area contributed by atoms with E-state index < -0.39 is 0 Å². The Balaban J connectivity index is 0.00000116. The molecule has 0 unspecified atom stereocenters. The Bertz CT molecular complexity index is 576. The maximum atomic E-state index is 11.0. The van der Waals surface area contributed by atoms with Gasteiger partial charge >= 0.3 is 0 Å². The zero-order valence-electron chi connectivity index (χ0n) is 13.2. The van der Waals surface area contributed by atoms with Gasteiger partial charge in [-0.25, -0.2) is 0 Å². The minimum absolute atomic E-state index is 0.0235. The third-order valence-electron chi connectivity index (χ3n) is 2.70. The number of carbonyl (C=O) groups is 1. The van der Waals surface area contributed by atoms with Crippen LogP contribution in [0.4, 0.5) is 0 Å². The summed E-state index contributed by atoms with van der Waals surface area (Å²) in [7, 11) is 0. The third kappa shape index (κ3) is 5.22. The van der Waals surface area contributed by atoms with Crippen molar-refractivity contribution in [1.82, 2.24) is 0 Å². The lowest BCUT2D eigenvalue weighted by Crippen LogP contribution is -2.01. The standard InChI is InChI=1S/C16H16O4.C2H6/c1-12-2-7-16(13(10-12)11-18)20-15-5-3-14(4-6-15)19-9-8-17;1-2/h2-7,10-11,17H,8-9H2,1H3;1-2H3. The van der Waals surface area contributed by atoms with Crippen molar-refractivity contribution in [3.05, 3.63) is 53.6 Å². The van der Waals surface area contributed by atoms with Crippen LogP contribution >= 0.6 is 0 Å². The van der Waals surface area contributed by atoms with Gasteiger partial charge in [-0.2, -0.15) is 0 Å². The van der Waals surface area contributed by atoms with Crippen LogP contribution in [-0.2, 0) is 0 Å². The fourth-order valence-corrected chi connectivity index (χ4v) is 1.75. The lowest BCUT2D eigenvalue weighted by Gasteiger charge is -2.09. The molecule has 0 aliphatic carbocycles. The predicted molar refractivity (Wildman–Crippen MR) is 87.0 cm³/mol. The molecule has 0 radical (unpaired) electrons. The minimum Gasteiger partial charge on any atom is -0.491 e. The molecule has 118 valence electrons. The predicted octanol–water partition coefficient (Wildman–Crippen LogP) is 4.00. The van der Waals surface area contributed by atoms with Gasteiger partial charge in [0.05, 0.1) is 12.2 Å². The van der Waals surface area contributed by atoms with E-state index >= 15 is 0 Å². The lowest BCUT2D eigenvalue weighted by atomic mass is 10.1. The summed E-state index contributed by atoms with van der Waals surface area (Å²) in [5, 5.41) is 8.67. The van der Waals surface area contributed by atoms with Crippen molar-refractivity contribution in [3.63, 3.8) is 0 Å². The molecule has 4 heteroatoms. The second-order valence-corrected chi connectivity index (χ2v) is 4.30. The van der Waals surface area contributed by atoms with Crippen molar-refractivity contribution in [2.45, 2.75) is 20.8 Å². The molecule has 0 saturated heterocycles. The number of ether oxygens (including phenoxy) is 2. The first-order chi connectivity index (χ1) is 10.7. The minimum atomic E-state index is -0.0235. The maximum Gasteiger partial charge on any atom is 0.153 e. The number of aliphatic hydroxyl groups is 1. The molecule has 0 aliphatic heterocycles. The van der Waals surface area contributed by atoms with E-state index in [1.165, 1.54) is 0 Å². The number of aryl methyl sites for hydroxylation is 1. The first-order valence-corrected chi connectivity index (χ1v) is 7.30. The number of aliphatic hydroxyl groups excluding tert-OH is 1. The van der Waals surface area contributed by atoms with Crippen LogP contribution in [0, 0.1) is 6.92 Å². The van der Waals surface area contributed by atoms with Gasteiger partial charge < -0.3 is 14.6 Å². The summed E-state index contributed by atoms with van der Waals surface area (Å²) in [6.07, 6.45) is 0.779. The summed E-state index contributed by atoms with van der Waals surface area (Å²) in [6.45, 7) is 6.15. The van der Waals surface area contributed by atoms with Gasteiger partial charge in [0.25, 0.3) is 0 Å². The van der Waals surface area contributed by atoms with Crippen molar-refractivity contribution < 1.29 is 19.4 Å². The summed E-state index contributed by atoms with van der Waals surface area (Å²) in [5.41, 5.74) is 1.53. The zero-order chi connectivity index (χ0) is 16.4. The van der Waals surface area contributed by atoms with Crippen LogP contribution in [0.5, 0.6) is 17.2 Å². The molecule has 2 rings (SSSR count). The van der Waals surface area contributed by atoms with Gasteiger partial charge in [0.15, 0.2) is 6.29 Å².